The van der Waals surface area contributed by atoms with Gasteiger partial charge in [-0.05, 0) is 30.8 Å². The minimum atomic E-state index is 0.561. The number of H-pyrrole nitrogens is 1. The lowest BCUT2D eigenvalue weighted by atomic mass is 9.89. The maximum atomic E-state index is 4.68. The van der Waals surface area contributed by atoms with Crippen LogP contribution in [0.1, 0.15) is 62.9 Å². The fourth-order valence-corrected chi connectivity index (χ4v) is 3.36. The summed E-state index contributed by atoms with van der Waals surface area (Å²) in [5.41, 5.74) is 1.03. The van der Waals surface area contributed by atoms with E-state index in [0.717, 1.165) is 35.1 Å². The van der Waals surface area contributed by atoms with E-state index in [2.05, 4.69) is 31.7 Å². The summed E-state index contributed by atoms with van der Waals surface area (Å²) >= 11 is 1.40. The Balaban J connectivity index is 1.81. The SMILES string of the molecule is CCCc1nnsc1-c1n[nH]c(C2CCCCC2)n1. The fraction of sp³-hybridized carbons (Fsp3) is 0.692. The smallest absolute Gasteiger partial charge is 0.194 e. The standard InChI is InChI=1S/C13H19N5S/c1-2-6-10-11(19-18-15-10)13-14-12(16-17-13)9-7-4-3-5-8-9/h9H,2-8H2,1H3,(H,14,16,17). The monoisotopic (exact) mass is 277 g/mol. The highest BCUT2D eigenvalue weighted by atomic mass is 32.1. The van der Waals surface area contributed by atoms with Gasteiger partial charge in [0.25, 0.3) is 0 Å². The van der Waals surface area contributed by atoms with E-state index in [9.17, 15) is 0 Å². The van der Waals surface area contributed by atoms with Crippen molar-refractivity contribution in [1.29, 1.82) is 0 Å². The highest BCUT2D eigenvalue weighted by Gasteiger charge is 2.21. The number of aromatic amines is 1. The molecule has 0 saturated heterocycles. The zero-order valence-corrected chi connectivity index (χ0v) is 12.0. The molecule has 0 aliphatic heterocycles. The molecule has 2 aromatic rings. The van der Waals surface area contributed by atoms with Gasteiger partial charge in [-0.3, -0.25) is 5.10 Å². The Labute approximate surface area is 117 Å². The molecular weight excluding hydrogens is 258 g/mol. The summed E-state index contributed by atoms with van der Waals surface area (Å²) in [6.07, 6.45) is 8.46. The fourth-order valence-electron chi connectivity index (χ4n) is 2.71. The second-order valence-electron chi connectivity index (χ2n) is 5.18. The highest BCUT2D eigenvalue weighted by molar-refractivity contribution is 7.09. The normalized spacial score (nSPS) is 16.9. The number of nitrogens with one attached hydrogen (secondary N) is 1. The predicted molar refractivity (Wildman–Crippen MR) is 75.1 cm³/mol. The van der Waals surface area contributed by atoms with Crippen molar-refractivity contribution in [2.75, 3.05) is 0 Å². The van der Waals surface area contributed by atoms with Crippen LogP contribution in [0.5, 0.6) is 0 Å². The van der Waals surface area contributed by atoms with Crippen LogP contribution in [0.15, 0.2) is 0 Å². The van der Waals surface area contributed by atoms with Gasteiger partial charge in [0.15, 0.2) is 5.82 Å². The lowest BCUT2D eigenvalue weighted by Crippen LogP contribution is -2.06. The minimum absolute atomic E-state index is 0.561. The molecular formula is C13H19N5S. The Hall–Kier alpha value is -1.30. The molecule has 0 amide bonds. The van der Waals surface area contributed by atoms with Crippen molar-refractivity contribution in [3.8, 4) is 10.7 Å². The summed E-state index contributed by atoms with van der Waals surface area (Å²) in [7, 11) is 0. The van der Waals surface area contributed by atoms with Crippen LogP contribution in [0.4, 0.5) is 0 Å². The molecule has 1 aliphatic carbocycles. The second kappa shape index (κ2) is 5.77. The molecule has 3 rings (SSSR count). The van der Waals surface area contributed by atoms with Crippen molar-refractivity contribution in [2.24, 2.45) is 0 Å². The van der Waals surface area contributed by atoms with Crippen molar-refractivity contribution >= 4 is 11.5 Å². The van der Waals surface area contributed by atoms with E-state index in [0.29, 0.717) is 5.92 Å². The van der Waals surface area contributed by atoms with E-state index in [-0.39, 0.29) is 0 Å². The largest absolute Gasteiger partial charge is 0.262 e. The van der Waals surface area contributed by atoms with Crippen molar-refractivity contribution in [3.63, 3.8) is 0 Å². The molecule has 19 heavy (non-hydrogen) atoms. The molecule has 1 saturated carbocycles. The molecule has 2 heterocycles. The van der Waals surface area contributed by atoms with Gasteiger partial charge in [0.05, 0.1) is 5.69 Å². The first-order valence-electron chi connectivity index (χ1n) is 7.12. The average molecular weight is 277 g/mol. The van der Waals surface area contributed by atoms with Crippen LogP contribution < -0.4 is 0 Å². The van der Waals surface area contributed by atoms with E-state index in [4.69, 9.17) is 0 Å². The maximum Gasteiger partial charge on any atom is 0.194 e. The number of rotatable bonds is 4. The molecule has 1 fully saturated rings. The molecule has 2 aromatic heterocycles. The van der Waals surface area contributed by atoms with Crippen LogP contribution in [-0.4, -0.2) is 24.8 Å². The second-order valence-corrected chi connectivity index (χ2v) is 5.93. The Kier molecular flexibility index (Phi) is 3.87. The first kappa shape index (κ1) is 12.7. The summed E-state index contributed by atoms with van der Waals surface area (Å²) in [6.45, 7) is 2.15. The van der Waals surface area contributed by atoms with Gasteiger partial charge in [0, 0.05) is 5.92 Å². The molecule has 0 radical (unpaired) electrons. The quantitative estimate of drug-likeness (QED) is 0.930. The van der Waals surface area contributed by atoms with Crippen molar-refractivity contribution in [3.05, 3.63) is 11.5 Å². The molecule has 0 atom stereocenters. The third-order valence-electron chi connectivity index (χ3n) is 3.74. The molecule has 0 aromatic carbocycles. The Morgan fingerprint density at radius 3 is 2.89 bits per heavy atom. The third kappa shape index (κ3) is 2.68. The van der Waals surface area contributed by atoms with E-state index in [1.165, 1.54) is 43.6 Å². The van der Waals surface area contributed by atoms with Crippen LogP contribution in [0.2, 0.25) is 0 Å². The van der Waals surface area contributed by atoms with Crippen LogP contribution in [0.25, 0.3) is 10.7 Å². The number of hydrogen-bond donors (Lipinski definition) is 1. The molecule has 0 spiro atoms. The first-order chi connectivity index (χ1) is 9.38. The molecule has 1 aliphatic rings. The predicted octanol–water partition coefficient (Wildman–Crippen LogP) is 3.32. The van der Waals surface area contributed by atoms with Crippen molar-refractivity contribution in [1.82, 2.24) is 24.8 Å². The summed E-state index contributed by atoms with van der Waals surface area (Å²) < 4.78 is 4.04. The lowest BCUT2D eigenvalue weighted by Gasteiger charge is -2.18. The van der Waals surface area contributed by atoms with Gasteiger partial charge in [-0.15, -0.1) is 5.10 Å². The number of nitrogens with zero attached hydrogens (tertiary/aromatic N) is 4. The Morgan fingerprint density at radius 1 is 1.26 bits per heavy atom. The number of aromatic nitrogens is 5. The minimum Gasteiger partial charge on any atom is -0.262 e. The zero-order chi connectivity index (χ0) is 13.1. The zero-order valence-electron chi connectivity index (χ0n) is 11.2. The van der Waals surface area contributed by atoms with Crippen LogP contribution in [0.3, 0.4) is 0 Å². The van der Waals surface area contributed by atoms with E-state index < -0.39 is 0 Å². The van der Waals surface area contributed by atoms with Gasteiger partial charge < -0.3 is 0 Å². The molecule has 0 bridgehead atoms. The van der Waals surface area contributed by atoms with Gasteiger partial charge >= 0.3 is 0 Å². The Bertz CT molecular complexity index is 527. The number of aryl methyl sites for hydroxylation is 1. The van der Waals surface area contributed by atoms with E-state index in [1.54, 1.807) is 0 Å². The first-order valence-corrected chi connectivity index (χ1v) is 7.89. The summed E-state index contributed by atoms with van der Waals surface area (Å²) in [5, 5.41) is 11.7. The molecule has 5 nitrogen and oxygen atoms in total. The molecule has 102 valence electrons. The van der Waals surface area contributed by atoms with Crippen molar-refractivity contribution in [2.45, 2.75) is 57.8 Å². The topological polar surface area (TPSA) is 67.3 Å². The van der Waals surface area contributed by atoms with Gasteiger partial charge in [-0.25, -0.2) is 4.98 Å². The van der Waals surface area contributed by atoms with Gasteiger partial charge in [-0.1, -0.05) is 37.1 Å². The van der Waals surface area contributed by atoms with Crippen LogP contribution in [0, 0.1) is 0 Å². The van der Waals surface area contributed by atoms with E-state index in [1.807, 2.05) is 0 Å². The van der Waals surface area contributed by atoms with Crippen molar-refractivity contribution < 1.29 is 0 Å². The maximum absolute atomic E-state index is 4.68. The lowest BCUT2D eigenvalue weighted by molar-refractivity contribution is 0.429. The average Bonchev–Trinajstić information content (AvgIpc) is 3.08. The van der Waals surface area contributed by atoms with Gasteiger partial charge in [-0.2, -0.15) is 5.10 Å². The van der Waals surface area contributed by atoms with Crippen LogP contribution >= 0.6 is 11.5 Å². The third-order valence-corrected chi connectivity index (χ3v) is 4.50. The van der Waals surface area contributed by atoms with E-state index >= 15 is 0 Å². The molecule has 1 N–H and O–H groups in total. The summed E-state index contributed by atoms with van der Waals surface area (Å²) in [4.78, 5) is 5.71. The Morgan fingerprint density at radius 2 is 2.11 bits per heavy atom. The number of hydrogen-bond acceptors (Lipinski definition) is 5. The summed E-state index contributed by atoms with van der Waals surface area (Å²) in [6, 6.07) is 0. The van der Waals surface area contributed by atoms with Gasteiger partial charge in [0.2, 0.25) is 0 Å². The molecule has 0 unspecified atom stereocenters. The molecule has 6 heteroatoms. The van der Waals surface area contributed by atoms with Crippen LogP contribution in [-0.2, 0) is 6.42 Å². The van der Waals surface area contributed by atoms with Gasteiger partial charge in [0.1, 0.15) is 10.7 Å². The summed E-state index contributed by atoms with van der Waals surface area (Å²) in [5.74, 6) is 2.38. The highest BCUT2D eigenvalue weighted by Crippen LogP contribution is 2.32.